The number of nitrogens with zero attached hydrogens (tertiary/aromatic N) is 3. The van der Waals surface area contributed by atoms with Crippen LogP contribution in [0.1, 0.15) is 31.5 Å². The van der Waals surface area contributed by atoms with Gasteiger partial charge >= 0.3 is 0 Å². The Kier molecular flexibility index (Phi) is 4.01. The van der Waals surface area contributed by atoms with Crippen LogP contribution in [-0.2, 0) is 17.8 Å². The Morgan fingerprint density at radius 3 is 2.62 bits per heavy atom. The molecule has 2 heterocycles. The fourth-order valence-corrected chi connectivity index (χ4v) is 3.64. The molecule has 1 atom stereocenters. The van der Waals surface area contributed by atoms with Crippen LogP contribution in [0.5, 0.6) is 0 Å². The van der Waals surface area contributed by atoms with E-state index in [0.717, 1.165) is 42.3 Å². The number of amides is 1. The largest absolute Gasteiger partial charge is 0.326 e. The highest BCUT2D eigenvalue weighted by Crippen LogP contribution is 2.53. The molecular formula is C17H18Cl2N4O. The van der Waals surface area contributed by atoms with Gasteiger partial charge in [-0.3, -0.25) is 4.79 Å². The first-order valence-corrected chi connectivity index (χ1v) is 9.01. The molecule has 4 rings (SSSR count). The zero-order valence-corrected chi connectivity index (χ0v) is 14.6. The summed E-state index contributed by atoms with van der Waals surface area (Å²) in [6.07, 6.45) is 5.06. The minimum atomic E-state index is -0.900. The van der Waals surface area contributed by atoms with Crippen molar-refractivity contribution >= 4 is 34.8 Å². The summed E-state index contributed by atoms with van der Waals surface area (Å²) in [5.74, 6) is 1.50. The minimum absolute atomic E-state index is 0.135. The molecule has 126 valence electrons. The van der Waals surface area contributed by atoms with Crippen molar-refractivity contribution in [3.8, 4) is 11.4 Å². The molecule has 1 aromatic heterocycles. The maximum Gasteiger partial charge on any atom is 0.230 e. The van der Waals surface area contributed by atoms with Gasteiger partial charge < -0.3 is 9.88 Å². The Labute approximate surface area is 150 Å². The van der Waals surface area contributed by atoms with E-state index >= 15 is 0 Å². The lowest BCUT2D eigenvalue weighted by molar-refractivity contribution is -0.117. The third kappa shape index (κ3) is 3.03. The number of hydrogen-bond donors (Lipinski definition) is 1. The number of aromatic nitrogens is 3. The molecule has 2 aromatic rings. The minimum Gasteiger partial charge on any atom is -0.326 e. The van der Waals surface area contributed by atoms with E-state index in [-0.39, 0.29) is 11.8 Å². The predicted octanol–water partition coefficient (Wildman–Crippen LogP) is 3.80. The second-order valence-corrected chi connectivity index (χ2v) is 8.03. The summed E-state index contributed by atoms with van der Waals surface area (Å²) < 4.78 is 1.31. The molecule has 1 fully saturated rings. The van der Waals surface area contributed by atoms with Crippen molar-refractivity contribution in [1.29, 1.82) is 0 Å². The van der Waals surface area contributed by atoms with Crippen molar-refractivity contribution in [2.24, 2.45) is 5.92 Å². The third-order valence-corrected chi connectivity index (χ3v) is 5.50. The van der Waals surface area contributed by atoms with Gasteiger partial charge in [-0.15, -0.1) is 33.4 Å². The van der Waals surface area contributed by atoms with Crippen LogP contribution in [0.3, 0.4) is 0 Å². The molecule has 1 aliphatic carbocycles. The number of nitrogens with one attached hydrogen (secondary N) is 1. The molecule has 1 amide bonds. The smallest absolute Gasteiger partial charge is 0.230 e. The SMILES string of the molecule is O=C(Nc1ccc(-c2nnc3n2CCCCC3)cc1)[C@@H]1CC1(Cl)Cl. The summed E-state index contributed by atoms with van der Waals surface area (Å²) in [6, 6.07) is 7.66. The average Bonchev–Trinajstić information content (AvgIpc) is 3.13. The van der Waals surface area contributed by atoms with Gasteiger partial charge in [0.05, 0.1) is 5.92 Å². The highest BCUT2D eigenvalue weighted by Gasteiger charge is 2.56. The van der Waals surface area contributed by atoms with Crippen LogP contribution in [-0.4, -0.2) is 25.0 Å². The quantitative estimate of drug-likeness (QED) is 0.842. The summed E-state index contributed by atoms with van der Waals surface area (Å²) in [4.78, 5) is 12.0. The van der Waals surface area contributed by atoms with E-state index in [9.17, 15) is 4.79 Å². The fourth-order valence-electron chi connectivity index (χ4n) is 3.13. The normalized spacial score (nSPS) is 21.7. The number of hydrogen-bond acceptors (Lipinski definition) is 3. The zero-order valence-electron chi connectivity index (χ0n) is 13.1. The van der Waals surface area contributed by atoms with Gasteiger partial charge in [0.25, 0.3) is 0 Å². The van der Waals surface area contributed by atoms with Crippen LogP contribution in [0.15, 0.2) is 24.3 Å². The molecule has 0 unspecified atom stereocenters. The summed E-state index contributed by atoms with van der Waals surface area (Å²) in [7, 11) is 0. The lowest BCUT2D eigenvalue weighted by Crippen LogP contribution is -2.16. The molecule has 2 aliphatic rings. The van der Waals surface area contributed by atoms with Gasteiger partial charge in [-0.25, -0.2) is 0 Å². The molecule has 1 aromatic carbocycles. The number of anilines is 1. The molecule has 7 heteroatoms. The molecule has 0 saturated heterocycles. The summed E-state index contributed by atoms with van der Waals surface area (Å²) in [6.45, 7) is 0.964. The van der Waals surface area contributed by atoms with E-state index in [1.807, 2.05) is 24.3 Å². The lowest BCUT2D eigenvalue weighted by Gasteiger charge is -2.09. The monoisotopic (exact) mass is 364 g/mol. The van der Waals surface area contributed by atoms with E-state index < -0.39 is 4.33 Å². The van der Waals surface area contributed by atoms with Gasteiger partial charge in [-0.1, -0.05) is 6.42 Å². The standard InChI is InChI=1S/C17H18Cl2N4O/c18-17(19)10-13(17)16(24)20-12-7-5-11(6-8-12)15-22-21-14-4-2-1-3-9-23(14)15/h5-8,13H,1-4,9-10H2,(H,20,24)/t13-/m0/s1. The summed E-state index contributed by atoms with van der Waals surface area (Å²) >= 11 is 11.9. The van der Waals surface area contributed by atoms with Crippen molar-refractivity contribution in [3.05, 3.63) is 30.1 Å². The number of carbonyl (C=O) groups is 1. The van der Waals surface area contributed by atoms with Crippen LogP contribution >= 0.6 is 23.2 Å². The zero-order chi connectivity index (χ0) is 16.7. The van der Waals surface area contributed by atoms with Gasteiger partial charge in [-0.2, -0.15) is 0 Å². The van der Waals surface area contributed by atoms with Crippen LogP contribution in [0.2, 0.25) is 0 Å². The number of alkyl halides is 2. The second kappa shape index (κ2) is 6.05. The highest BCUT2D eigenvalue weighted by atomic mass is 35.5. The fraction of sp³-hybridized carbons (Fsp3) is 0.471. The molecule has 24 heavy (non-hydrogen) atoms. The van der Waals surface area contributed by atoms with Gasteiger partial charge in [-0.05, 0) is 43.5 Å². The molecule has 0 radical (unpaired) electrons. The van der Waals surface area contributed by atoms with E-state index in [1.54, 1.807) is 0 Å². The van der Waals surface area contributed by atoms with Crippen LogP contribution < -0.4 is 5.32 Å². The van der Waals surface area contributed by atoms with E-state index in [4.69, 9.17) is 23.2 Å². The van der Waals surface area contributed by atoms with Crippen molar-refractivity contribution < 1.29 is 4.79 Å². The van der Waals surface area contributed by atoms with Crippen molar-refractivity contribution in [1.82, 2.24) is 14.8 Å². The van der Waals surface area contributed by atoms with Gasteiger partial charge in [0.15, 0.2) is 5.82 Å². The molecule has 0 bridgehead atoms. The van der Waals surface area contributed by atoms with E-state index in [2.05, 4.69) is 20.1 Å². The number of carbonyl (C=O) groups excluding carboxylic acids is 1. The van der Waals surface area contributed by atoms with Crippen LogP contribution in [0, 0.1) is 5.92 Å². The van der Waals surface area contributed by atoms with Gasteiger partial charge in [0.1, 0.15) is 10.2 Å². The predicted molar refractivity (Wildman–Crippen MR) is 94.2 cm³/mol. The molecule has 1 aliphatic heterocycles. The molecule has 5 nitrogen and oxygen atoms in total. The molecule has 0 spiro atoms. The average molecular weight is 365 g/mol. The Morgan fingerprint density at radius 1 is 1.17 bits per heavy atom. The molecular weight excluding hydrogens is 347 g/mol. The Balaban J connectivity index is 1.50. The van der Waals surface area contributed by atoms with Crippen LogP contribution in [0.25, 0.3) is 11.4 Å². The Bertz CT molecular complexity index is 769. The number of fused-ring (bicyclic) bond motifs is 1. The first kappa shape index (κ1) is 15.9. The highest BCUT2D eigenvalue weighted by molar-refractivity contribution is 6.52. The number of benzene rings is 1. The number of halogens is 2. The second-order valence-electron chi connectivity index (χ2n) is 6.49. The van der Waals surface area contributed by atoms with E-state index in [1.165, 1.54) is 12.8 Å². The van der Waals surface area contributed by atoms with Crippen molar-refractivity contribution in [3.63, 3.8) is 0 Å². The van der Waals surface area contributed by atoms with Crippen LogP contribution in [0.4, 0.5) is 5.69 Å². The Hall–Kier alpha value is -1.59. The van der Waals surface area contributed by atoms with E-state index in [0.29, 0.717) is 6.42 Å². The maximum absolute atomic E-state index is 12.0. The number of aryl methyl sites for hydroxylation is 1. The van der Waals surface area contributed by atoms with Crippen molar-refractivity contribution in [2.45, 2.75) is 43.0 Å². The first-order chi connectivity index (χ1) is 11.5. The lowest BCUT2D eigenvalue weighted by atomic mass is 10.2. The molecule has 1 saturated carbocycles. The third-order valence-electron chi connectivity index (χ3n) is 4.66. The summed E-state index contributed by atoms with van der Waals surface area (Å²) in [5, 5.41) is 11.5. The van der Waals surface area contributed by atoms with Crippen molar-refractivity contribution in [2.75, 3.05) is 5.32 Å². The van der Waals surface area contributed by atoms with Gasteiger partial charge in [0.2, 0.25) is 5.91 Å². The first-order valence-electron chi connectivity index (χ1n) is 8.26. The van der Waals surface area contributed by atoms with Gasteiger partial charge in [0, 0.05) is 24.2 Å². The maximum atomic E-state index is 12.0. The topological polar surface area (TPSA) is 59.8 Å². The summed E-state index contributed by atoms with van der Waals surface area (Å²) in [5.41, 5.74) is 1.74. The Morgan fingerprint density at radius 2 is 1.92 bits per heavy atom. The molecule has 1 N–H and O–H groups in total. The number of rotatable bonds is 3.